The molecule has 4 nitrogen and oxygen atoms in total. The Hall–Kier alpha value is -2.33. The molecule has 3 rings (SSSR count). The minimum absolute atomic E-state index is 0.106. The van der Waals surface area contributed by atoms with Crippen molar-refractivity contribution in [1.82, 2.24) is 4.90 Å². The van der Waals surface area contributed by atoms with E-state index < -0.39 is 0 Å². The van der Waals surface area contributed by atoms with Gasteiger partial charge in [0.25, 0.3) is 0 Å². The number of methoxy groups -OCH3 is 1. The molecule has 1 unspecified atom stereocenters. The Morgan fingerprint density at radius 1 is 1.04 bits per heavy atom. The molecule has 0 spiro atoms. The van der Waals surface area contributed by atoms with Crippen molar-refractivity contribution in [2.24, 2.45) is 5.92 Å². The van der Waals surface area contributed by atoms with E-state index in [1.165, 1.54) is 5.56 Å². The van der Waals surface area contributed by atoms with E-state index in [-0.39, 0.29) is 12.0 Å². The molecule has 4 heteroatoms. The van der Waals surface area contributed by atoms with Crippen LogP contribution in [-0.2, 0) is 9.53 Å². The lowest BCUT2D eigenvalue weighted by Crippen LogP contribution is -2.40. The minimum atomic E-state index is 0.106. The zero-order valence-electron chi connectivity index (χ0n) is 15.3. The zero-order chi connectivity index (χ0) is 18.2. The number of likely N-dealkylation sites (tertiary alicyclic amines) is 1. The number of amides is 1. The summed E-state index contributed by atoms with van der Waals surface area (Å²) in [7, 11) is 1.77. The van der Waals surface area contributed by atoms with Crippen molar-refractivity contribution in [3.63, 3.8) is 0 Å². The smallest absolute Gasteiger partial charge is 0.225 e. The maximum absolute atomic E-state index is 12.4. The molecule has 1 aliphatic rings. The molecule has 2 aromatic rings. The maximum Gasteiger partial charge on any atom is 0.225 e. The largest absolute Gasteiger partial charge is 0.493 e. The molecular formula is C22H27NO3. The van der Waals surface area contributed by atoms with Gasteiger partial charge in [0.1, 0.15) is 5.75 Å². The summed E-state index contributed by atoms with van der Waals surface area (Å²) in [4.78, 5) is 14.4. The van der Waals surface area contributed by atoms with Crippen LogP contribution in [0.4, 0.5) is 0 Å². The molecule has 1 amide bonds. The molecule has 26 heavy (non-hydrogen) atoms. The van der Waals surface area contributed by atoms with Gasteiger partial charge in [-0.2, -0.15) is 0 Å². The highest BCUT2D eigenvalue weighted by Gasteiger charge is 2.29. The van der Waals surface area contributed by atoms with Crippen molar-refractivity contribution in [3.05, 3.63) is 66.2 Å². The van der Waals surface area contributed by atoms with Crippen molar-refractivity contribution in [3.8, 4) is 5.75 Å². The SMILES string of the molecule is COC(c1ccccc1)C1CCN(C(=O)CCOc2ccccc2)CC1. The normalized spacial score (nSPS) is 16.3. The van der Waals surface area contributed by atoms with Gasteiger partial charge >= 0.3 is 0 Å². The molecule has 2 aromatic carbocycles. The van der Waals surface area contributed by atoms with Crippen LogP contribution in [0.1, 0.15) is 30.9 Å². The third-order valence-corrected chi connectivity index (χ3v) is 5.03. The molecule has 1 fully saturated rings. The van der Waals surface area contributed by atoms with E-state index in [4.69, 9.17) is 9.47 Å². The Balaban J connectivity index is 1.44. The monoisotopic (exact) mass is 353 g/mol. The number of ether oxygens (including phenoxy) is 2. The Kier molecular flexibility index (Phi) is 6.67. The Bertz CT molecular complexity index is 666. The first-order chi connectivity index (χ1) is 12.8. The fourth-order valence-electron chi connectivity index (χ4n) is 3.63. The van der Waals surface area contributed by atoms with Crippen LogP contribution in [0.15, 0.2) is 60.7 Å². The summed E-state index contributed by atoms with van der Waals surface area (Å²) in [6, 6.07) is 20.0. The minimum Gasteiger partial charge on any atom is -0.493 e. The van der Waals surface area contributed by atoms with Crippen LogP contribution in [0.5, 0.6) is 5.75 Å². The molecule has 0 aliphatic carbocycles. The van der Waals surface area contributed by atoms with E-state index >= 15 is 0 Å². The highest BCUT2D eigenvalue weighted by atomic mass is 16.5. The first kappa shape index (κ1) is 18.5. The quantitative estimate of drug-likeness (QED) is 0.753. The number of carbonyl (C=O) groups is 1. The highest BCUT2D eigenvalue weighted by molar-refractivity contribution is 5.76. The van der Waals surface area contributed by atoms with Crippen LogP contribution in [0.3, 0.4) is 0 Å². The molecule has 0 saturated carbocycles. The van der Waals surface area contributed by atoms with Crippen LogP contribution in [0.25, 0.3) is 0 Å². The van der Waals surface area contributed by atoms with Gasteiger partial charge in [0.15, 0.2) is 0 Å². The van der Waals surface area contributed by atoms with Gasteiger partial charge in [-0.25, -0.2) is 0 Å². The number of rotatable bonds is 7. The summed E-state index contributed by atoms with van der Waals surface area (Å²) in [6.07, 6.45) is 2.47. The molecular weight excluding hydrogens is 326 g/mol. The molecule has 1 atom stereocenters. The lowest BCUT2D eigenvalue weighted by atomic mass is 9.87. The van der Waals surface area contributed by atoms with Gasteiger partial charge in [0, 0.05) is 20.2 Å². The van der Waals surface area contributed by atoms with Gasteiger partial charge in [0.05, 0.1) is 19.1 Å². The van der Waals surface area contributed by atoms with E-state index in [0.29, 0.717) is 18.9 Å². The van der Waals surface area contributed by atoms with E-state index in [1.807, 2.05) is 53.4 Å². The van der Waals surface area contributed by atoms with Crippen LogP contribution < -0.4 is 4.74 Å². The van der Waals surface area contributed by atoms with Crippen molar-refractivity contribution in [2.75, 3.05) is 26.8 Å². The summed E-state index contributed by atoms with van der Waals surface area (Å²) in [5.74, 6) is 1.44. The van der Waals surface area contributed by atoms with Crippen LogP contribution >= 0.6 is 0 Å². The van der Waals surface area contributed by atoms with E-state index in [1.54, 1.807) is 7.11 Å². The van der Waals surface area contributed by atoms with Gasteiger partial charge in [-0.3, -0.25) is 4.79 Å². The van der Waals surface area contributed by atoms with Crippen LogP contribution in [0.2, 0.25) is 0 Å². The third-order valence-electron chi connectivity index (χ3n) is 5.03. The molecule has 0 aromatic heterocycles. The molecule has 1 heterocycles. The molecule has 138 valence electrons. The lowest BCUT2D eigenvalue weighted by Gasteiger charge is -2.35. The Labute approximate surface area is 155 Å². The molecule has 0 N–H and O–H groups in total. The van der Waals surface area contributed by atoms with E-state index in [2.05, 4.69) is 12.1 Å². The second kappa shape index (κ2) is 9.39. The van der Waals surface area contributed by atoms with E-state index in [9.17, 15) is 4.79 Å². The van der Waals surface area contributed by atoms with Gasteiger partial charge in [0.2, 0.25) is 5.91 Å². The molecule has 1 saturated heterocycles. The summed E-state index contributed by atoms with van der Waals surface area (Å²) >= 11 is 0. The maximum atomic E-state index is 12.4. The van der Waals surface area contributed by atoms with Gasteiger partial charge < -0.3 is 14.4 Å². The number of nitrogens with zero attached hydrogens (tertiary/aromatic N) is 1. The standard InChI is InChI=1S/C22H27NO3/c1-25-22(18-8-4-2-5-9-18)19-12-15-23(16-13-19)21(24)14-17-26-20-10-6-3-7-11-20/h2-11,19,22H,12-17H2,1H3. The number of piperidine rings is 1. The summed E-state index contributed by atoms with van der Waals surface area (Å²) in [5.41, 5.74) is 1.22. The average molecular weight is 353 g/mol. The fraction of sp³-hybridized carbons (Fsp3) is 0.409. The summed E-state index contributed by atoms with van der Waals surface area (Å²) in [5, 5.41) is 0. The predicted molar refractivity (Wildman–Crippen MR) is 102 cm³/mol. The van der Waals surface area contributed by atoms with Crippen molar-refractivity contribution < 1.29 is 14.3 Å². The lowest BCUT2D eigenvalue weighted by molar-refractivity contribution is -0.133. The van der Waals surface area contributed by atoms with Gasteiger partial charge in [-0.15, -0.1) is 0 Å². The zero-order valence-corrected chi connectivity index (χ0v) is 15.3. The van der Waals surface area contributed by atoms with Crippen LogP contribution in [-0.4, -0.2) is 37.6 Å². The number of hydrogen-bond donors (Lipinski definition) is 0. The Morgan fingerprint density at radius 2 is 1.65 bits per heavy atom. The molecule has 1 aliphatic heterocycles. The second-order valence-electron chi connectivity index (χ2n) is 6.70. The number of para-hydroxylation sites is 1. The van der Waals surface area contributed by atoms with Crippen LogP contribution in [0, 0.1) is 5.92 Å². The average Bonchev–Trinajstić information content (AvgIpc) is 2.71. The molecule has 0 bridgehead atoms. The summed E-state index contributed by atoms with van der Waals surface area (Å²) in [6.45, 7) is 2.01. The summed E-state index contributed by atoms with van der Waals surface area (Å²) < 4.78 is 11.4. The fourth-order valence-corrected chi connectivity index (χ4v) is 3.63. The highest BCUT2D eigenvalue weighted by Crippen LogP contribution is 2.33. The van der Waals surface area contributed by atoms with Gasteiger partial charge in [-0.1, -0.05) is 48.5 Å². The number of carbonyl (C=O) groups excluding carboxylic acids is 1. The number of hydrogen-bond acceptors (Lipinski definition) is 3. The molecule has 0 radical (unpaired) electrons. The van der Waals surface area contributed by atoms with Crippen molar-refractivity contribution in [1.29, 1.82) is 0 Å². The predicted octanol–water partition coefficient (Wildman–Crippen LogP) is 4.08. The van der Waals surface area contributed by atoms with Crippen molar-refractivity contribution in [2.45, 2.75) is 25.4 Å². The third kappa shape index (κ3) is 4.85. The van der Waals surface area contributed by atoms with Gasteiger partial charge in [-0.05, 0) is 36.5 Å². The van der Waals surface area contributed by atoms with E-state index in [0.717, 1.165) is 31.7 Å². The topological polar surface area (TPSA) is 38.8 Å². The Morgan fingerprint density at radius 3 is 2.27 bits per heavy atom. The first-order valence-electron chi connectivity index (χ1n) is 9.31. The second-order valence-corrected chi connectivity index (χ2v) is 6.70. The first-order valence-corrected chi connectivity index (χ1v) is 9.31. The number of benzene rings is 2. The van der Waals surface area contributed by atoms with Crippen molar-refractivity contribution >= 4 is 5.91 Å².